The Balaban J connectivity index is 1.86. The molecule has 2 heterocycles. The summed E-state index contributed by atoms with van der Waals surface area (Å²) >= 11 is 6.14. The average molecular weight is 528 g/mol. The minimum atomic E-state index is -0.803. The minimum absolute atomic E-state index is 0.0361. The van der Waals surface area contributed by atoms with Crippen molar-refractivity contribution in [2.75, 3.05) is 5.32 Å². The molecule has 0 spiro atoms. The van der Waals surface area contributed by atoms with Gasteiger partial charge in [0.15, 0.2) is 7.24 Å². The first-order valence-corrected chi connectivity index (χ1v) is 11.8. The number of nitrogens with one attached hydrogen (secondary N) is 2. The summed E-state index contributed by atoms with van der Waals surface area (Å²) in [6, 6.07) is 7.67. The lowest BCUT2D eigenvalue weighted by Gasteiger charge is -2.23. The minimum Gasteiger partial charge on any atom is -0.456 e. The molecule has 0 aliphatic heterocycles. The Labute approximate surface area is 218 Å². The first kappa shape index (κ1) is 24.8. The summed E-state index contributed by atoms with van der Waals surface area (Å²) in [7, 11) is 0. The molecule has 10 heteroatoms. The van der Waals surface area contributed by atoms with E-state index in [2.05, 4.69) is 15.3 Å². The Morgan fingerprint density at radius 2 is 1.95 bits per heavy atom. The summed E-state index contributed by atoms with van der Waals surface area (Å²) in [5.74, 6) is -1.98. The predicted molar refractivity (Wildman–Crippen MR) is 139 cm³/mol. The van der Waals surface area contributed by atoms with Gasteiger partial charge in [-0.25, -0.2) is 23.5 Å². The van der Waals surface area contributed by atoms with Crippen molar-refractivity contribution in [2.24, 2.45) is 0 Å². The highest BCUT2D eigenvalue weighted by atomic mass is 35.5. The molecule has 2 aromatic carbocycles. The van der Waals surface area contributed by atoms with Crippen molar-refractivity contribution in [3.63, 3.8) is 0 Å². The molecule has 1 unspecified atom stereocenters. The van der Waals surface area contributed by atoms with Crippen molar-refractivity contribution >= 4 is 34.2 Å². The number of carbonyl (C=O) groups is 1. The third kappa shape index (κ3) is 5.61. The molecule has 0 aliphatic carbocycles. The number of pyridine rings is 1. The van der Waals surface area contributed by atoms with E-state index in [4.69, 9.17) is 17.7 Å². The fourth-order valence-electron chi connectivity index (χ4n) is 3.83. The number of anilines is 1. The fraction of sp³-hybridized carbons (Fsp3) is 0.259. The largest absolute Gasteiger partial charge is 0.456 e. The molecule has 7 nitrogen and oxygen atoms in total. The summed E-state index contributed by atoms with van der Waals surface area (Å²) in [6.07, 6.45) is 0.950. The van der Waals surface area contributed by atoms with Gasteiger partial charge in [0.1, 0.15) is 22.9 Å². The molecule has 0 amide bonds. The third-order valence-corrected chi connectivity index (χ3v) is 5.80. The van der Waals surface area contributed by atoms with E-state index in [0.29, 0.717) is 21.3 Å². The van der Waals surface area contributed by atoms with Crippen LogP contribution in [-0.2, 0) is 4.74 Å². The highest BCUT2D eigenvalue weighted by Gasteiger charge is 2.24. The zero-order valence-corrected chi connectivity index (χ0v) is 21.6. The number of H-pyrrole nitrogens is 1. The second kappa shape index (κ2) is 9.89. The number of carbonyl (C=O) groups excluding carboxylic acids is 1. The molecule has 2 N–H and O–H groups in total. The number of halogens is 3. The molecule has 0 saturated heterocycles. The summed E-state index contributed by atoms with van der Waals surface area (Å²) in [5, 5.41) is 3.43. The number of aryl methyl sites for hydroxylation is 1. The van der Waals surface area contributed by atoms with E-state index < -0.39 is 34.8 Å². The number of aromatic nitrogens is 3. The molecule has 4 rings (SSSR count). The summed E-state index contributed by atoms with van der Waals surface area (Å²) in [4.78, 5) is 35.0. The summed E-state index contributed by atoms with van der Waals surface area (Å²) in [6.45, 7) is 8.36. The second-order valence-corrected chi connectivity index (χ2v) is 10.0. The Bertz CT molecular complexity index is 1620. The van der Waals surface area contributed by atoms with Gasteiger partial charge >= 0.3 is 5.97 Å². The normalized spacial score (nSPS) is 12.8. The first-order chi connectivity index (χ1) is 17.8. The van der Waals surface area contributed by atoms with E-state index in [1.807, 2.05) is 0 Å². The van der Waals surface area contributed by atoms with Gasteiger partial charge in [0, 0.05) is 16.3 Å². The average Bonchev–Trinajstić information content (AvgIpc) is 2.83. The van der Waals surface area contributed by atoms with Crippen molar-refractivity contribution < 1.29 is 19.7 Å². The molecule has 37 heavy (non-hydrogen) atoms. The van der Waals surface area contributed by atoms with E-state index >= 15 is 4.39 Å². The Morgan fingerprint density at radius 3 is 2.59 bits per heavy atom. The van der Waals surface area contributed by atoms with Crippen LogP contribution >= 0.6 is 11.6 Å². The predicted octanol–water partition coefficient (Wildman–Crippen LogP) is 6.35. The molecule has 0 fully saturated rings. The number of fused-ring (bicyclic) bond motifs is 1. The van der Waals surface area contributed by atoms with Crippen molar-refractivity contribution in [3.8, 4) is 11.5 Å². The van der Waals surface area contributed by atoms with Crippen LogP contribution in [0, 0.1) is 18.6 Å². The number of aromatic amines is 1. The van der Waals surface area contributed by atoms with Gasteiger partial charge in [-0.15, -0.1) is 0 Å². The SMILES string of the molecule is [2H]n1c(-c2ccc(F)cn2)nc2c(C(C)Nc3ccc(Cl)cc3C(=O)OC(C)(C)C)cc(F)c(C)c2c1=O. The van der Waals surface area contributed by atoms with Crippen LogP contribution in [0.15, 0.2) is 47.4 Å². The molecule has 0 radical (unpaired) electrons. The van der Waals surface area contributed by atoms with E-state index in [9.17, 15) is 14.0 Å². The van der Waals surface area contributed by atoms with Gasteiger partial charge in [-0.2, -0.15) is 0 Å². The van der Waals surface area contributed by atoms with Crippen LogP contribution in [0.4, 0.5) is 14.5 Å². The van der Waals surface area contributed by atoms with Crippen LogP contribution < -0.4 is 10.9 Å². The molecule has 192 valence electrons. The lowest BCUT2D eigenvalue weighted by Crippen LogP contribution is -2.24. The van der Waals surface area contributed by atoms with Crippen molar-refractivity contribution in [3.05, 3.63) is 86.3 Å². The maximum atomic E-state index is 15.0. The van der Waals surface area contributed by atoms with E-state index in [1.165, 1.54) is 25.1 Å². The highest BCUT2D eigenvalue weighted by Crippen LogP contribution is 2.31. The fourth-order valence-corrected chi connectivity index (χ4v) is 4.00. The highest BCUT2D eigenvalue weighted by molar-refractivity contribution is 6.31. The van der Waals surface area contributed by atoms with Gasteiger partial charge in [-0.1, -0.05) is 11.6 Å². The third-order valence-electron chi connectivity index (χ3n) is 5.56. The van der Waals surface area contributed by atoms with Gasteiger partial charge < -0.3 is 15.0 Å². The van der Waals surface area contributed by atoms with E-state index in [0.717, 1.165) is 12.3 Å². The number of esters is 1. The topological polar surface area (TPSA) is 97.0 Å². The Hall–Kier alpha value is -3.85. The monoisotopic (exact) mass is 527 g/mol. The molecule has 0 bridgehead atoms. The number of nitrogens with zero attached hydrogens (tertiary/aromatic N) is 2. The molecule has 0 aliphatic rings. The second-order valence-electron chi connectivity index (χ2n) is 9.57. The number of hydrogen-bond acceptors (Lipinski definition) is 6. The zero-order chi connectivity index (χ0) is 27.9. The summed E-state index contributed by atoms with van der Waals surface area (Å²) in [5.41, 5.74) is -0.423. The molecule has 1 atom stereocenters. The van der Waals surface area contributed by atoms with Crippen LogP contribution in [0.5, 0.6) is 0 Å². The lowest BCUT2D eigenvalue weighted by molar-refractivity contribution is 0.00706. The number of hydrogen-bond donors (Lipinski definition) is 2. The van der Waals surface area contributed by atoms with E-state index in [1.54, 1.807) is 39.8 Å². The lowest BCUT2D eigenvalue weighted by atomic mass is 9.99. The Morgan fingerprint density at radius 1 is 1.22 bits per heavy atom. The van der Waals surface area contributed by atoms with Crippen molar-refractivity contribution in [1.82, 2.24) is 14.9 Å². The summed E-state index contributed by atoms with van der Waals surface area (Å²) < 4.78 is 42.2. The van der Waals surface area contributed by atoms with Crippen LogP contribution in [0.2, 0.25) is 6.43 Å². The van der Waals surface area contributed by atoms with Crippen molar-refractivity contribution in [1.29, 1.82) is 0 Å². The van der Waals surface area contributed by atoms with Gasteiger partial charge in [0.2, 0.25) is 0 Å². The van der Waals surface area contributed by atoms with Crippen LogP contribution in [0.25, 0.3) is 22.4 Å². The zero-order valence-electron chi connectivity index (χ0n) is 21.8. The molecule has 0 saturated carbocycles. The van der Waals surface area contributed by atoms with Gasteiger partial charge in [-0.05, 0) is 76.6 Å². The smallest absolute Gasteiger partial charge is 0.340 e. The van der Waals surface area contributed by atoms with Crippen LogP contribution in [0.3, 0.4) is 0 Å². The number of ether oxygens (including phenoxy) is 1. The van der Waals surface area contributed by atoms with Crippen molar-refractivity contribution in [2.45, 2.75) is 46.3 Å². The molecular weight excluding hydrogens is 502 g/mol. The maximum Gasteiger partial charge on any atom is 0.340 e. The Kier molecular flexibility index (Phi) is 6.64. The standard InChI is InChI=1S/C27H25ClF2N4O3/c1-13-19(30)11-17(23-22(13)25(35)34-24(33-23)21-9-7-16(29)12-31-21)14(2)32-20-8-6-15(28)10-18(20)26(36)37-27(3,4)5/h6-12,14,32H,1-5H3,(H,33,34,35)/i/hD. The van der Waals surface area contributed by atoms with Gasteiger partial charge in [-0.3, -0.25) is 4.79 Å². The van der Waals surface area contributed by atoms with Crippen LogP contribution in [0.1, 0.15) is 55.2 Å². The number of benzene rings is 2. The molecule has 2 aromatic heterocycles. The molecular formula is C27H25ClF2N4O3. The quantitative estimate of drug-likeness (QED) is 0.293. The van der Waals surface area contributed by atoms with Gasteiger partial charge in [0.05, 0.1) is 28.7 Å². The van der Waals surface area contributed by atoms with Gasteiger partial charge in [0.25, 0.3) is 5.56 Å². The molecule has 4 aromatic rings. The van der Waals surface area contributed by atoms with E-state index in [-0.39, 0.29) is 33.5 Å². The maximum absolute atomic E-state index is 15.0. The first-order valence-electron chi connectivity index (χ1n) is 11.9. The number of rotatable bonds is 5. The van der Waals surface area contributed by atoms with Crippen LogP contribution in [-0.4, -0.2) is 26.5 Å².